The first-order valence-corrected chi connectivity index (χ1v) is 6.33. The van der Waals surface area contributed by atoms with E-state index in [4.69, 9.17) is 5.11 Å². The molecule has 3 heteroatoms. The molecule has 0 aromatic heterocycles. The SMILES string of the molecule is Cc1ccc([C@@H](C)NCc2ccc(O)c(F)c2)cc1. The molecule has 0 amide bonds. The summed E-state index contributed by atoms with van der Waals surface area (Å²) in [6.07, 6.45) is 0. The van der Waals surface area contributed by atoms with Gasteiger partial charge in [-0.05, 0) is 37.1 Å². The van der Waals surface area contributed by atoms with Crippen molar-refractivity contribution < 1.29 is 9.50 Å². The second kappa shape index (κ2) is 5.85. The average molecular weight is 259 g/mol. The summed E-state index contributed by atoms with van der Waals surface area (Å²) in [7, 11) is 0. The van der Waals surface area contributed by atoms with Crippen LogP contribution in [0.3, 0.4) is 0 Å². The van der Waals surface area contributed by atoms with Crippen LogP contribution in [0.1, 0.15) is 29.7 Å². The number of aryl methyl sites for hydroxylation is 1. The molecule has 2 N–H and O–H groups in total. The highest BCUT2D eigenvalue weighted by Gasteiger charge is 2.06. The maximum absolute atomic E-state index is 13.2. The van der Waals surface area contributed by atoms with Crippen molar-refractivity contribution >= 4 is 0 Å². The lowest BCUT2D eigenvalue weighted by Gasteiger charge is -2.14. The second-order valence-electron chi connectivity index (χ2n) is 4.80. The number of phenolic OH excluding ortho intramolecular Hbond substituents is 1. The molecule has 0 spiro atoms. The predicted octanol–water partition coefficient (Wildman–Crippen LogP) is 3.69. The topological polar surface area (TPSA) is 32.3 Å². The molecule has 0 aliphatic rings. The Morgan fingerprint density at radius 1 is 1.16 bits per heavy atom. The molecule has 2 nitrogen and oxygen atoms in total. The van der Waals surface area contributed by atoms with Crippen LogP contribution in [-0.2, 0) is 6.54 Å². The minimum absolute atomic E-state index is 0.192. The standard InChI is InChI=1S/C16H18FNO/c1-11-3-6-14(7-4-11)12(2)18-10-13-5-8-16(19)15(17)9-13/h3-9,12,18-19H,10H2,1-2H3/t12-/m1/s1. The highest BCUT2D eigenvalue weighted by molar-refractivity contribution is 5.28. The monoisotopic (exact) mass is 259 g/mol. The Labute approximate surface area is 112 Å². The van der Waals surface area contributed by atoms with Gasteiger partial charge in [-0.2, -0.15) is 0 Å². The molecule has 100 valence electrons. The lowest BCUT2D eigenvalue weighted by Crippen LogP contribution is -2.18. The van der Waals surface area contributed by atoms with Crippen LogP contribution in [0.4, 0.5) is 4.39 Å². The van der Waals surface area contributed by atoms with Crippen molar-refractivity contribution in [1.29, 1.82) is 0 Å². The summed E-state index contributed by atoms with van der Waals surface area (Å²) < 4.78 is 13.2. The molecule has 19 heavy (non-hydrogen) atoms. The first kappa shape index (κ1) is 13.6. The summed E-state index contributed by atoms with van der Waals surface area (Å²) in [5.41, 5.74) is 3.25. The number of halogens is 1. The molecular weight excluding hydrogens is 241 g/mol. The van der Waals surface area contributed by atoms with E-state index in [9.17, 15) is 4.39 Å². The van der Waals surface area contributed by atoms with Gasteiger partial charge in [-0.25, -0.2) is 4.39 Å². The van der Waals surface area contributed by atoms with Gasteiger partial charge in [-0.1, -0.05) is 35.9 Å². The minimum atomic E-state index is -0.581. The summed E-state index contributed by atoms with van der Waals surface area (Å²) in [6.45, 7) is 4.69. The highest BCUT2D eigenvalue weighted by atomic mass is 19.1. The van der Waals surface area contributed by atoms with Gasteiger partial charge < -0.3 is 10.4 Å². The molecule has 0 aliphatic carbocycles. The molecule has 0 fully saturated rings. The van der Waals surface area contributed by atoms with Gasteiger partial charge in [-0.15, -0.1) is 0 Å². The predicted molar refractivity (Wildman–Crippen MR) is 74.5 cm³/mol. The van der Waals surface area contributed by atoms with Crippen LogP contribution >= 0.6 is 0 Å². The van der Waals surface area contributed by atoms with Gasteiger partial charge in [0.05, 0.1) is 0 Å². The van der Waals surface area contributed by atoms with E-state index in [1.807, 2.05) is 0 Å². The van der Waals surface area contributed by atoms with E-state index in [0.29, 0.717) is 6.54 Å². The molecule has 0 saturated heterocycles. The summed E-state index contributed by atoms with van der Waals surface area (Å²) >= 11 is 0. The zero-order valence-electron chi connectivity index (χ0n) is 11.2. The van der Waals surface area contributed by atoms with E-state index >= 15 is 0 Å². The molecule has 0 aliphatic heterocycles. The first-order chi connectivity index (χ1) is 9.06. The Morgan fingerprint density at radius 2 is 1.84 bits per heavy atom. The second-order valence-corrected chi connectivity index (χ2v) is 4.80. The largest absolute Gasteiger partial charge is 0.505 e. The Morgan fingerprint density at radius 3 is 2.47 bits per heavy atom. The summed E-state index contributed by atoms with van der Waals surface area (Å²) in [5.74, 6) is -0.891. The number of aromatic hydroxyl groups is 1. The third kappa shape index (κ3) is 3.55. The maximum Gasteiger partial charge on any atom is 0.165 e. The van der Waals surface area contributed by atoms with Crippen LogP contribution in [0.5, 0.6) is 5.75 Å². The van der Waals surface area contributed by atoms with Crippen molar-refractivity contribution in [3.8, 4) is 5.75 Å². The normalized spacial score (nSPS) is 12.4. The molecule has 1 atom stereocenters. The third-order valence-electron chi connectivity index (χ3n) is 3.20. The summed E-state index contributed by atoms with van der Waals surface area (Å²) in [6, 6.07) is 13.0. The van der Waals surface area contributed by atoms with Gasteiger partial charge in [0, 0.05) is 12.6 Å². The zero-order chi connectivity index (χ0) is 13.8. The van der Waals surface area contributed by atoms with Crippen molar-refractivity contribution in [2.75, 3.05) is 0 Å². The fourth-order valence-corrected chi connectivity index (χ4v) is 1.90. The van der Waals surface area contributed by atoms with E-state index in [2.05, 4.69) is 43.4 Å². The number of nitrogens with one attached hydrogen (secondary N) is 1. The minimum Gasteiger partial charge on any atom is -0.505 e. The zero-order valence-corrected chi connectivity index (χ0v) is 11.2. The van der Waals surface area contributed by atoms with Gasteiger partial charge in [0.1, 0.15) is 0 Å². The Balaban J connectivity index is 1.98. The van der Waals surface area contributed by atoms with Crippen LogP contribution in [-0.4, -0.2) is 5.11 Å². The summed E-state index contributed by atoms with van der Waals surface area (Å²) in [5, 5.41) is 12.5. The van der Waals surface area contributed by atoms with E-state index in [-0.39, 0.29) is 11.8 Å². The number of hydrogen-bond acceptors (Lipinski definition) is 2. The van der Waals surface area contributed by atoms with E-state index in [0.717, 1.165) is 5.56 Å². The van der Waals surface area contributed by atoms with Crippen molar-refractivity contribution in [1.82, 2.24) is 5.32 Å². The van der Waals surface area contributed by atoms with Crippen molar-refractivity contribution in [3.05, 3.63) is 65.0 Å². The number of rotatable bonds is 4. The van der Waals surface area contributed by atoms with Crippen molar-refractivity contribution in [2.24, 2.45) is 0 Å². The molecule has 0 heterocycles. The van der Waals surface area contributed by atoms with Crippen molar-refractivity contribution in [2.45, 2.75) is 26.4 Å². The summed E-state index contributed by atoms with van der Waals surface area (Å²) in [4.78, 5) is 0. The molecule has 0 radical (unpaired) electrons. The molecular formula is C16H18FNO. The molecule has 0 unspecified atom stereocenters. The van der Waals surface area contributed by atoms with Crippen LogP contribution in [0.25, 0.3) is 0 Å². The Hall–Kier alpha value is -1.87. The Bertz CT molecular complexity index is 551. The fourth-order valence-electron chi connectivity index (χ4n) is 1.90. The maximum atomic E-state index is 13.2. The molecule has 2 rings (SSSR count). The molecule has 2 aromatic rings. The molecule has 0 bridgehead atoms. The smallest absolute Gasteiger partial charge is 0.165 e. The molecule has 2 aromatic carbocycles. The average Bonchev–Trinajstić information content (AvgIpc) is 2.40. The van der Waals surface area contributed by atoms with E-state index in [1.165, 1.54) is 23.3 Å². The number of hydrogen-bond donors (Lipinski definition) is 2. The highest BCUT2D eigenvalue weighted by Crippen LogP contribution is 2.18. The van der Waals surface area contributed by atoms with Gasteiger partial charge in [0.15, 0.2) is 11.6 Å². The van der Waals surface area contributed by atoms with Gasteiger partial charge >= 0.3 is 0 Å². The quantitative estimate of drug-likeness (QED) is 0.877. The molecule has 0 saturated carbocycles. The van der Waals surface area contributed by atoms with Crippen molar-refractivity contribution in [3.63, 3.8) is 0 Å². The van der Waals surface area contributed by atoms with Gasteiger partial charge in [-0.3, -0.25) is 0 Å². The van der Waals surface area contributed by atoms with E-state index < -0.39 is 5.82 Å². The lowest BCUT2D eigenvalue weighted by atomic mass is 10.1. The number of benzene rings is 2. The fraction of sp³-hybridized carbons (Fsp3) is 0.250. The first-order valence-electron chi connectivity index (χ1n) is 6.33. The van der Waals surface area contributed by atoms with Crippen LogP contribution in [0.2, 0.25) is 0 Å². The van der Waals surface area contributed by atoms with Crippen LogP contribution in [0.15, 0.2) is 42.5 Å². The lowest BCUT2D eigenvalue weighted by molar-refractivity contribution is 0.431. The van der Waals surface area contributed by atoms with Gasteiger partial charge in [0.2, 0.25) is 0 Å². The van der Waals surface area contributed by atoms with Gasteiger partial charge in [0.25, 0.3) is 0 Å². The third-order valence-corrected chi connectivity index (χ3v) is 3.20. The van der Waals surface area contributed by atoms with E-state index in [1.54, 1.807) is 6.07 Å². The number of phenols is 1. The van der Waals surface area contributed by atoms with Crippen LogP contribution < -0.4 is 5.32 Å². The van der Waals surface area contributed by atoms with Crippen LogP contribution in [0, 0.1) is 12.7 Å². The Kier molecular flexibility index (Phi) is 4.17.